The zero-order valence-electron chi connectivity index (χ0n) is 15.2. The molecule has 1 N–H and O–H groups in total. The van der Waals surface area contributed by atoms with E-state index in [0.717, 1.165) is 24.2 Å². The molecule has 1 fully saturated rings. The Bertz CT molecular complexity index is 703. The summed E-state index contributed by atoms with van der Waals surface area (Å²) in [7, 11) is -3.23. The molecule has 25 heavy (non-hydrogen) atoms. The molecule has 1 aromatic carbocycles. The first-order chi connectivity index (χ1) is 11.8. The zero-order chi connectivity index (χ0) is 18.4. The van der Waals surface area contributed by atoms with Gasteiger partial charge in [0.2, 0.25) is 15.9 Å². The largest absolute Gasteiger partial charge is 0.491 e. The van der Waals surface area contributed by atoms with E-state index >= 15 is 0 Å². The minimum absolute atomic E-state index is 0.0744. The topological polar surface area (TPSA) is 75.7 Å². The lowest BCUT2D eigenvalue weighted by atomic mass is 9.99. The number of rotatable bonds is 7. The molecule has 0 saturated carbocycles. The predicted molar refractivity (Wildman–Crippen MR) is 98.2 cm³/mol. The first-order valence-corrected chi connectivity index (χ1v) is 10.4. The summed E-state index contributed by atoms with van der Waals surface area (Å²) in [5.74, 6) is 0.522. The van der Waals surface area contributed by atoms with Gasteiger partial charge in [0.05, 0.1) is 18.2 Å². The Kier molecular flexibility index (Phi) is 6.84. The minimum Gasteiger partial charge on any atom is -0.491 e. The molecular formula is C18H28N2O4S. The number of carbonyl (C=O) groups excluding carboxylic acids is 1. The van der Waals surface area contributed by atoms with Crippen LogP contribution in [0.2, 0.25) is 0 Å². The van der Waals surface area contributed by atoms with Gasteiger partial charge >= 0.3 is 0 Å². The lowest BCUT2D eigenvalue weighted by Gasteiger charge is -2.30. The van der Waals surface area contributed by atoms with Crippen LogP contribution >= 0.6 is 0 Å². The van der Waals surface area contributed by atoms with Gasteiger partial charge < -0.3 is 10.1 Å². The Morgan fingerprint density at radius 3 is 2.84 bits per heavy atom. The molecule has 1 aliphatic heterocycles. The van der Waals surface area contributed by atoms with Crippen LogP contribution in [-0.4, -0.2) is 50.6 Å². The molecule has 2 rings (SSSR count). The van der Waals surface area contributed by atoms with E-state index in [-0.39, 0.29) is 24.1 Å². The Morgan fingerprint density at radius 2 is 2.12 bits per heavy atom. The van der Waals surface area contributed by atoms with Crippen LogP contribution in [0.4, 0.5) is 0 Å². The van der Waals surface area contributed by atoms with E-state index in [0.29, 0.717) is 19.7 Å². The third-order valence-corrected chi connectivity index (χ3v) is 6.57. The molecule has 0 aliphatic carbocycles. The second-order valence-corrected chi connectivity index (χ2v) is 8.69. The van der Waals surface area contributed by atoms with E-state index in [1.165, 1.54) is 9.87 Å². The van der Waals surface area contributed by atoms with Crippen molar-refractivity contribution in [3.63, 3.8) is 0 Å². The Morgan fingerprint density at radius 1 is 1.36 bits per heavy atom. The highest BCUT2D eigenvalue weighted by molar-refractivity contribution is 7.89. The van der Waals surface area contributed by atoms with Crippen molar-refractivity contribution in [3.05, 3.63) is 29.3 Å². The van der Waals surface area contributed by atoms with Gasteiger partial charge in [-0.15, -0.1) is 0 Å². The van der Waals surface area contributed by atoms with Gasteiger partial charge in [-0.25, -0.2) is 12.7 Å². The molecule has 7 heteroatoms. The molecule has 0 bridgehead atoms. The van der Waals surface area contributed by atoms with Gasteiger partial charge in [0, 0.05) is 13.1 Å². The number of amides is 1. The maximum atomic E-state index is 12.3. The van der Waals surface area contributed by atoms with Crippen LogP contribution in [0, 0.1) is 19.8 Å². The summed E-state index contributed by atoms with van der Waals surface area (Å²) in [4.78, 5) is 12.3. The number of hydrogen-bond donors (Lipinski definition) is 1. The summed E-state index contributed by atoms with van der Waals surface area (Å²) in [6.45, 7) is 7.25. The normalized spacial score (nSPS) is 18.8. The van der Waals surface area contributed by atoms with Crippen LogP contribution in [0.5, 0.6) is 5.75 Å². The second kappa shape index (κ2) is 8.67. The molecule has 1 atom stereocenters. The number of nitrogens with zero attached hydrogens (tertiary/aromatic N) is 1. The van der Waals surface area contributed by atoms with Gasteiger partial charge in [0.25, 0.3) is 0 Å². The number of aryl methyl sites for hydroxylation is 1. The van der Waals surface area contributed by atoms with Crippen LogP contribution in [0.3, 0.4) is 0 Å². The fourth-order valence-corrected chi connectivity index (χ4v) is 4.13. The zero-order valence-corrected chi connectivity index (χ0v) is 16.1. The second-order valence-electron chi connectivity index (χ2n) is 6.44. The third-order valence-electron chi connectivity index (χ3n) is 4.73. The summed E-state index contributed by atoms with van der Waals surface area (Å²) >= 11 is 0. The first kappa shape index (κ1) is 19.7. The highest BCUT2D eigenvalue weighted by atomic mass is 32.2. The van der Waals surface area contributed by atoms with Crippen molar-refractivity contribution < 1.29 is 17.9 Å². The van der Waals surface area contributed by atoms with E-state index in [4.69, 9.17) is 4.74 Å². The molecule has 1 unspecified atom stereocenters. The molecule has 0 spiro atoms. The Balaban J connectivity index is 1.79. The monoisotopic (exact) mass is 368 g/mol. The van der Waals surface area contributed by atoms with Gasteiger partial charge in [-0.05, 0) is 50.8 Å². The van der Waals surface area contributed by atoms with E-state index in [9.17, 15) is 13.2 Å². The molecule has 6 nitrogen and oxygen atoms in total. The van der Waals surface area contributed by atoms with E-state index in [1.807, 2.05) is 32.0 Å². The van der Waals surface area contributed by atoms with Crippen molar-refractivity contribution in [1.29, 1.82) is 0 Å². The molecule has 0 radical (unpaired) electrons. The van der Waals surface area contributed by atoms with Crippen molar-refractivity contribution in [1.82, 2.24) is 9.62 Å². The number of benzene rings is 1. The maximum Gasteiger partial charge on any atom is 0.224 e. The fraction of sp³-hybridized carbons (Fsp3) is 0.611. The van der Waals surface area contributed by atoms with Gasteiger partial charge in [-0.3, -0.25) is 4.79 Å². The number of sulfonamides is 1. The molecule has 1 amide bonds. The van der Waals surface area contributed by atoms with Crippen LogP contribution < -0.4 is 10.1 Å². The maximum absolute atomic E-state index is 12.3. The Hall–Kier alpha value is -1.60. The quantitative estimate of drug-likeness (QED) is 0.746. The number of nitrogens with one attached hydrogen (secondary N) is 1. The van der Waals surface area contributed by atoms with Crippen molar-refractivity contribution >= 4 is 15.9 Å². The van der Waals surface area contributed by atoms with Crippen molar-refractivity contribution in [2.75, 3.05) is 32.0 Å². The molecule has 1 heterocycles. The number of piperidine rings is 1. The van der Waals surface area contributed by atoms with Gasteiger partial charge in [0.15, 0.2) is 0 Å². The standard InChI is InChI=1S/C18H28N2O4S/c1-4-25(22,23)20-11-6-8-16(13-20)18(21)19-10-12-24-17-9-5-7-14(2)15(17)3/h5,7,9,16H,4,6,8,10-13H2,1-3H3,(H,19,21). The third kappa shape index (κ3) is 5.19. The van der Waals surface area contributed by atoms with E-state index < -0.39 is 10.0 Å². The van der Waals surface area contributed by atoms with E-state index in [1.54, 1.807) is 6.92 Å². The summed E-state index contributed by atoms with van der Waals surface area (Å²) < 4.78 is 31.1. The van der Waals surface area contributed by atoms with Crippen LogP contribution in [0.15, 0.2) is 18.2 Å². The van der Waals surface area contributed by atoms with Gasteiger partial charge in [0.1, 0.15) is 12.4 Å². The van der Waals surface area contributed by atoms with Crippen molar-refractivity contribution in [2.24, 2.45) is 5.92 Å². The smallest absolute Gasteiger partial charge is 0.224 e. The summed E-state index contributed by atoms with van der Waals surface area (Å²) in [6.07, 6.45) is 1.44. The molecule has 1 aromatic rings. The average molecular weight is 368 g/mol. The van der Waals surface area contributed by atoms with Crippen LogP contribution in [-0.2, 0) is 14.8 Å². The van der Waals surface area contributed by atoms with Crippen LogP contribution in [0.1, 0.15) is 30.9 Å². The number of hydrogen-bond acceptors (Lipinski definition) is 4. The summed E-state index contributed by atoms with van der Waals surface area (Å²) in [6, 6.07) is 5.89. The molecule has 1 saturated heterocycles. The predicted octanol–water partition coefficient (Wildman–Crippen LogP) is 1.86. The average Bonchev–Trinajstić information content (AvgIpc) is 2.62. The highest BCUT2D eigenvalue weighted by Gasteiger charge is 2.31. The SMILES string of the molecule is CCS(=O)(=O)N1CCCC(C(=O)NCCOc2cccc(C)c2C)C1. The van der Waals surface area contributed by atoms with Crippen LogP contribution in [0.25, 0.3) is 0 Å². The molecular weight excluding hydrogens is 340 g/mol. The Labute approximate surface area is 150 Å². The summed E-state index contributed by atoms with van der Waals surface area (Å²) in [5.41, 5.74) is 2.27. The number of carbonyl (C=O) groups is 1. The lowest BCUT2D eigenvalue weighted by molar-refractivity contribution is -0.126. The van der Waals surface area contributed by atoms with E-state index in [2.05, 4.69) is 5.32 Å². The van der Waals surface area contributed by atoms with Gasteiger partial charge in [-0.1, -0.05) is 12.1 Å². The molecule has 0 aromatic heterocycles. The lowest BCUT2D eigenvalue weighted by Crippen LogP contribution is -2.46. The molecule has 1 aliphatic rings. The van der Waals surface area contributed by atoms with Gasteiger partial charge in [-0.2, -0.15) is 0 Å². The minimum atomic E-state index is -3.23. The summed E-state index contributed by atoms with van der Waals surface area (Å²) in [5, 5.41) is 2.86. The van der Waals surface area contributed by atoms with Crippen molar-refractivity contribution in [2.45, 2.75) is 33.6 Å². The molecule has 140 valence electrons. The highest BCUT2D eigenvalue weighted by Crippen LogP contribution is 2.21. The number of ether oxygens (including phenoxy) is 1. The first-order valence-electron chi connectivity index (χ1n) is 8.79. The fourth-order valence-electron chi connectivity index (χ4n) is 2.95. The van der Waals surface area contributed by atoms with Crippen molar-refractivity contribution in [3.8, 4) is 5.75 Å².